The van der Waals surface area contributed by atoms with Crippen molar-refractivity contribution in [3.8, 4) is 0 Å². The third-order valence-electron chi connectivity index (χ3n) is 3.01. The van der Waals surface area contributed by atoms with E-state index in [9.17, 15) is 27.6 Å². The van der Waals surface area contributed by atoms with E-state index in [1.54, 1.807) is 17.5 Å². The number of para-hydroxylation sites is 1. The predicted octanol–water partition coefficient (Wildman–Crippen LogP) is 2.68. The van der Waals surface area contributed by atoms with Crippen LogP contribution in [-0.4, -0.2) is 30.9 Å². The van der Waals surface area contributed by atoms with Gasteiger partial charge in [-0.1, -0.05) is 18.2 Å². The first kappa shape index (κ1) is 19.4. The molecule has 0 atom stereocenters. The van der Waals surface area contributed by atoms with Crippen LogP contribution in [-0.2, 0) is 20.5 Å². The molecule has 0 spiro atoms. The van der Waals surface area contributed by atoms with Gasteiger partial charge < -0.3 is 15.4 Å². The summed E-state index contributed by atoms with van der Waals surface area (Å²) in [7, 11) is 0. The SMILES string of the molecule is O=C(COC(=O)CNC(=O)c1cccs1)Nc1ccccc1C(F)(F)F. The van der Waals surface area contributed by atoms with Crippen molar-refractivity contribution in [3.05, 3.63) is 52.2 Å². The Kier molecular flexibility index (Phi) is 6.34. The standard InChI is InChI=1S/C16H13F3N2O4S/c17-16(18,19)10-4-1-2-5-11(10)21-13(22)9-25-14(23)8-20-15(24)12-6-3-7-26-12/h1-7H,8-9H2,(H,20,24)(H,21,22). The second kappa shape index (κ2) is 8.48. The van der Waals surface area contributed by atoms with Crippen LogP contribution in [0.1, 0.15) is 15.2 Å². The molecule has 0 saturated carbocycles. The molecule has 2 amide bonds. The number of amides is 2. The number of nitrogens with one attached hydrogen (secondary N) is 2. The van der Waals surface area contributed by atoms with E-state index in [4.69, 9.17) is 0 Å². The highest BCUT2D eigenvalue weighted by atomic mass is 32.1. The van der Waals surface area contributed by atoms with Crippen molar-refractivity contribution in [2.45, 2.75) is 6.18 Å². The number of ether oxygens (including phenoxy) is 1. The molecule has 0 radical (unpaired) electrons. The molecule has 0 aliphatic rings. The number of alkyl halides is 3. The molecular formula is C16H13F3N2O4S. The predicted molar refractivity (Wildman–Crippen MR) is 87.7 cm³/mol. The van der Waals surface area contributed by atoms with E-state index >= 15 is 0 Å². The number of hydrogen-bond donors (Lipinski definition) is 2. The molecule has 0 fully saturated rings. The minimum Gasteiger partial charge on any atom is -0.454 e. The van der Waals surface area contributed by atoms with Crippen LogP contribution in [0.2, 0.25) is 0 Å². The van der Waals surface area contributed by atoms with Gasteiger partial charge in [0.2, 0.25) is 0 Å². The largest absolute Gasteiger partial charge is 0.454 e. The molecule has 2 aromatic rings. The van der Waals surface area contributed by atoms with Gasteiger partial charge in [0.1, 0.15) is 6.54 Å². The average Bonchev–Trinajstić information content (AvgIpc) is 3.12. The summed E-state index contributed by atoms with van der Waals surface area (Å²) in [6, 6.07) is 7.66. The molecule has 1 heterocycles. The molecule has 138 valence electrons. The number of benzene rings is 1. The maximum absolute atomic E-state index is 12.8. The van der Waals surface area contributed by atoms with Crippen LogP contribution >= 0.6 is 11.3 Å². The average molecular weight is 386 g/mol. The topological polar surface area (TPSA) is 84.5 Å². The zero-order valence-corrected chi connectivity index (χ0v) is 13.9. The molecule has 2 N–H and O–H groups in total. The Labute approximate surface area is 150 Å². The Morgan fingerprint density at radius 2 is 1.81 bits per heavy atom. The van der Waals surface area contributed by atoms with Crippen LogP contribution in [0.5, 0.6) is 0 Å². The molecule has 0 aliphatic carbocycles. The lowest BCUT2D eigenvalue weighted by Gasteiger charge is -2.13. The monoisotopic (exact) mass is 386 g/mol. The maximum atomic E-state index is 12.8. The number of thiophene rings is 1. The summed E-state index contributed by atoms with van der Waals surface area (Å²) in [5, 5.41) is 6.03. The quantitative estimate of drug-likeness (QED) is 0.748. The van der Waals surface area contributed by atoms with Crippen molar-refractivity contribution in [2.75, 3.05) is 18.5 Å². The van der Waals surface area contributed by atoms with E-state index in [1.807, 2.05) is 5.32 Å². The fraction of sp³-hybridized carbons (Fsp3) is 0.188. The number of hydrogen-bond acceptors (Lipinski definition) is 5. The van der Waals surface area contributed by atoms with Gasteiger partial charge >= 0.3 is 12.1 Å². The minimum atomic E-state index is -4.63. The van der Waals surface area contributed by atoms with Gasteiger partial charge in [0.15, 0.2) is 6.61 Å². The lowest BCUT2D eigenvalue weighted by atomic mass is 10.1. The number of carbonyl (C=O) groups excluding carboxylic acids is 3. The molecule has 10 heteroatoms. The number of halogens is 3. The fourth-order valence-corrected chi connectivity index (χ4v) is 2.51. The summed E-state index contributed by atoms with van der Waals surface area (Å²) in [4.78, 5) is 35.2. The van der Waals surface area contributed by atoms with Crippen LogP contribution in [0.3, 0.4) is 0 Å². The Morgan fingerprint density at radius 3 is 2.46 bits per heavy atom. The van der Waals surface area contributed by atoms with Crippen molar-refractivity contribution in [2.24, 2.45) is 0 Å². The molecule has 1 aromatic carbocycles. The Hall–Kier alpha value is -2.88. The maximum Gasteiger partial charge on any atom is 0.418 e. The highest BCUT2D eigenvalue weighted by molar-refractivity contribution is 7.12. The molecule has 0 aliphatic heterocycles. The van der Waals surface area contributed by atoms with Crippen molar-refractivity contribution in [1.29, 1.82) is 0 Å². The highest BCUT2D eigenvalue weighted by Crippen LogP contribution is 2.34. The lowest BCUT2D eigenvalue weighted by Crippen LogP contribution is -2.32. The Balaban J connectivity index is 1.80. The van der Waals surface area contributed by atoms with Crippen molar-refractivity contribution in [1.82, 2.24) is 5.32 Å². The van der Waals surface area contributed by atoms with Crippen LogP contribution in [0.25, 0.3) is 0 Å². The third-order valence-corrected chi connectivity index (χ3v) is 3.88. The smallest absolute Gasteiger partial charge is 0.418 e. The van der Waals surface area contributed by atoms with Crippen molar-refractivity contribution >= 4 is 34.8 Å². The molecule has 0 unspecified atom stereocenters. The van der Waals surface area contributed by atoms with Gasteiger partial charge in [-0.25, -0.2) is 0 Å². The van der Waals surface area contributed by atoms with E-state index in [0.29, 0.717) is 4.88 Å². The summed E-state index contributed by atoms with van der Waals surface area (Å²) in [5.41, 5.74) is -1.45. The second-order valence-electron chi connectivity index (χ2n) is 4.91. The van der Waals surface area contributed by atoms with Gasteiger partial charge in [-0.05, 0) is 23.6 Å². The van der Waals surface area contributed by atoms with Crippen LogP contribution in [0.15, 0.2) is 41.8 Å². The second-order valence-corrected chi connectivity index (χ2v) is 5.86. The Bertz CT molecular complexity index is 791. The number of esters is 1. The molecule has 1 aromatic heterocycles. The van der Waals surface area contributed by atoms with E-state index in [1.165, 1.54) is 23.5 Å². The number of anilines is 1. The van der Waals surface area contributed by atoms with Gasteiger partial charge in [0.05, 0.1) is 16.1 Å². The summed E-state index contributed by atoms with van der Waals surface area (Å²) in [5.74, 6) is -2.30. The highest BCUT2D eigenvalue weighted by Gasteiger charge is 2.33. The normalized spacial score (nSPS) is 10.9. The first-order valence-electron chi connectivity index (χ1n) is 7.21. The molecule has 6 nitrogen and oxygen atoms in total. The van der Waals surface area contributed by atoms with Crippen molar-refractivity contribution in [3.63, 3.8) is 0 Å². The van der Waals surface area contributed by atoms with Crippen LogP contribution < -0.4 is 10.6 Å². The first-order chi connectivity index (χ1) is 12.3. The van der Waals surface area contributed by atoms with Crippen molar-refractivity contribution < 1.29 is 32.3 Å². The fourth-order valence-electron chi connectivity index (χ4n) is 1.87. The van der Waals surface area contributed by atoms with E-state index in [0.717, 1.165) is 12.1 Å². The molecule has 2 rings (SSSR count). The van der Waals surface area contributed by atoms with Gasteiger partial charge in [0.25, 0.3) is 11.8 Å². The summed E-state index contributed by atoms with van der Waals surface area (Å²) < 4.78 is 43.1. The molecule has 0 saturated heterocycles. The van der Waals surface area contributed by atoms with Crippen LogP contribution in [0.4, 0.5) is 18.9 Å². The summed E-state index contributed by atoms with van der Waals surface area (Å²) in [6.45, 7) is -1.25. The first-order valence-corrected chi connectivity index (χ1v) is 8.08. The molecule has 26 heavy (non-hydrogen) atoms. The van der Waals surface area contributed by atoms with Gasteiger partial charge in [0, 0.05) is 0 Å². The molecular weight excluding hydrogens is 373 g/mol. The minimum absolute atomic E-state index is 0.402. The number of carbonyl (C=O) groups is 3. The van der Waals surface area contributed by atoms with Gasteiger partial charge in [-0.15, -0.1) is 11.3 Å². The van der Waals surface area contributed by atoms with E-state index in [2.05, 4.69) is 10.1 Å². The Morgan fingerprint density at radius 1 is 1.08 bits per heavy atom. The lowest BCUT2D eigenvalue weighted by molar-refractivity contribution is -0.146. The van der Waals surface area contributed by atoms with E-state index < -0.39 is 48.4 Å². The van der Waals surface area contributed by atoms with E-state index in [-0.39, 0.29) is 0 Å². The summed E-state index contributed by atoms with van der Waals surface area (Å²) >= 11 is 1.19. The molecule has 0 bridgehead atoms. The summed E-state index contributed by atoms with van der Waals surface area (Å²) in [6.07, 6.45) is -4.63. The third kappa shape index (κ3) is 5.59. The zero-order chi connectivity index (χ0) is 19.2. The number of rotatable bonds is 6. The van der Waals surface area contributed by atoms with Gasteiger partial charge in [-0.3, -0.25) is 14.4 Å². The zero-order valence-electron chi connectivity index (χ0n) is 13.1. The van der Waals surface area contributed by atoms with Crippen LogP contribution in [0, 0.1) is 0 Å². The van der Waals surface area contributed by atoms with Gasteiger partial charge in [-0.2, -0.15) is 13.2 Å².